The lowest BCUT2D eigenvalue weighted by Gasteiger charge is -2.11. The predicted molar refractivity (Wildman–Crippen MR) is 125 cm³/mol. The van der Waals surface area contributed by atoms with E-state index in [1.54, 1.807) is 42.6 Å². The highest BCUT2D eigenvalue weighted by Crippen LogP contribution is 2.32. The number of hydrogen-bond acceptors (Lipinski definition) is 8. The van der Waals surface area contributed by atoms with Crippen LogP contribution in [-0.4, -0.2) is 31.8 Å². The van der Waals surface area contributed by atoms with Gasteiger partial charge in [-0.2, -0.15) is 0 Å². The Balaban J connectivity index is 1.44. The number of benzene rings is 1. The SMILES string of the molecule is COc1ccc(-n2c(SCc3csc(-c4ccc(C)o4)n3)nnc2-c2ccncc2)cc1. The second kappa shape index (κ2) is 8.97. The fourth-order valence-electron chi connectivity index (χ4n) is 3.19. The van der Waals surface area contributed by atoms with Crippen LogP contribution in [0.3, 0.4) is 0 Å². The maximum atomic E-state index is 5.69. The van der Waals surface area contributed by atoms with Gasteiger partial charge in [-0.1, -0.05) is 11.8 Å². The third-order valence-electron chi connectivity index (χ3n) is 4.75. The molecule has 160 valence electrons. The molecule has 0 aliphatic carbocycles. The van der Waals surface area contributed by atoms with E-state index in [1.807, 2.05) is 60.0 Å². The summed E-state index contributed by atoms with van der Waals surface area (Å²) in [5.74, 6) is 3.89. The Morgan fingerprint density at radius 1 is 1.03 bits per heavy atom. The first-order valence-corrected chi connectivity index (χ1v) is 11.7. The van der Waals surface area contributed by atoms with E-state index in [-0.39, 0.29) is 0 Å². The Bertz CT molecular complexity index is 1330. The van der Waals surface area contributed by atoms with Crippen molar-refractivity contribution >= 4 is 23.1 Å². The van der Waals surface area contributed by atoms with Crippen LogP contribution >= 0.6 is 23.1 Å². The van der Waals surface area contributed by atoms with Crippen molar-refractivity contribution < 1.29 is 9.15 Å². The lowest BCUT2D eigenvalue weighted by molar-refractivity contribution is 0.414. The zero-order chi connectivity index (χ0) is 21.9. The molecule has 0 saturated carbocycles. The van der Waals surface area contributed by atoms with Crippen LogP contribution in [0.25, 0.3) is 27.8 Å². The van der Waals surface area contributed by atoms with E-state index in [0.29, 0.717) is 5.75 Å². The smallest absolute Gasteiger partial charge is 0.196 e. The molecular formula is C23H19N5O2S2. The summed E-state index contributed by atoms with van der Waals surface area (Å²) in [5, 5.41) is 12.7. The number of furan rings is 1. The molecule has 32 heavy (non-hydrogen) atoms. The first-order chi connectivity index (χ1) is 15.7. The van der Waals surface area contributed by atoms with Gasteiger partial charge in [0.05, 0.1) is 12.8 Å². The van der Waals surface area contributed by atoms with Crippen molar-refractivity contribution in [3.8, 4) is 33.6 Å². The van der Waals surface area contributed by atoms with E-state index in [0.717, 1.165) is 50.2 Å². The molecule has 0 amide bonds. The van der Waals surface area contributed by atoms with Gasteiger partial charge in [0.25, 0.3) is 0 Å². The van der Waals surface area contributed by atoms with Crippen LogP contribution in [0.15, 0.2) is 75.9 Å². The molecule has 9 heteroatoms. The largest absolute Gasteiger partial charge is 0.497 e. The van der Waals surface area contributed by atoms with Gasteiger partial charge < -0.3 is 9.15 Å². The summed E-state index contributed by atoms with van der Waals surface area (Å²) in [7, 11) is 1.66. The Kier molecular flexibility index (Phi) is 5.74. The van der Waals surface area contributed by atoms with Gasteiger partial charge >= 0.3 is 0 Å². The molecule has 0 spiro atoms. The summed E-state index contributed by atoms with van der Waals surface area (Å²) >= 11 is 3.17. The molecule has 4 heterocycles. The molecule has 5 rings (SSSR count). The fraction of sp³-hybridized carbons (Fsp3) is 0.130. The van der Waals surface area contributed by atoms with Crippen LogP contribution in [0, 0.1) is 6.92 Å². The molecule has 0 unspecified atom stereocenters. The maximum absolute atomic E-state index is 5.69. The minimum absolute atomic E-state index is 0.667. The number of thioether (sulfide) groups is 1. The minimum Gasteiger partial charge on any atom is -0.497 e. The predicted octanol–water partition coefficient (Wildman–Crippen LogP) is 5.66. The average Bonchev–Trinajstić information content (AvgIpc) is 3.58. The lowest BCUT2D eigenvalue weighted by Crippen LogP contribution is -2.00. The third-order valence-corrected chi connectivity index (χ3v) is 6.62. The molecule has 0 radical (unpaired) electrons. The third kappa shape index (κ3) is 4.17. The zero-order valence-electron chi connectivity index (χ0n) is 17.4. The molecular weight excluding hydrogens is 442 g/mol. The van der Waals surface area contributed by atoms with Gasteiger partial charge in [0.2, 0.25) is 0 Å². The Hall–Kier alpha value is -3.43. The molecule has 0 bridgehead atoms. The second-order valence-electron chi connectivity index (χ2n) is 6.92. The molecule has 0 fully saturated rings. The lowest BCUT2D eigenvalue weighted by atomic mass is 10.2. The summed E-state index contributed by atoms with van der Waals surface area (Å²) in [5.41, 5.74) is 2.87. The standard InChI is InChI=1S/C23H19N5O2S2/c1-15-3-8-20(30-15)22-25-17(13-31-22)14-32-23-27-26-21(16-9-11-24-12-10-16)28(23)18-4-6-19(29-2)7-5-18/h3-13H,14H2,1-2H3. The molecule has 1 aromatic carbocycles. The van der Waals surface area contributed by atoms with E-state index in [4.69, 9.17) is 14.1 Å². The Morgan fingerprint density at radius 2 is 1.84 bits per heavy atom. The van der Waals surface area contributed by atoms with Gasteiger partial charge in [-0.3, -0.25) is 9.55 Å². The number of ether oxygens (including phenoxy) is 1. The minimum atomic E-state index is 0.667. The van der Waals surface area contributed by atoms with Crippen LogP contribution in [0.1, 0.15) is 11.5 Å². The van der Waals surface area contributed by atoms with Gasteiger partial charge in [0, 0.05) is 34.8 Å². The van der Waals surface area contributed by atoms with Crippen molar-refractivity contribution in [1.82, 2.24) is 24.7 Å². The number of pyridine rings is 1. The van der Waals surface area contributed by atoms with E-state index < -0.39 is 0 Å². The number of aromatic nitrogens is 5. The van der Waals surface area contributed by atoms with Gasteiger partial charge in [-0.15, -0.1) is 21.5 Å². The molecule has 0 aliphatic rings. The van der Waals surface area contributed by atoms with Gasteiger partial charge in [-0.25, -0.2) is 4.98 Å². The van der Waals surface area contributed by atoms with Crippen LogP contribution in [0.5, 0.6) is 5.75 Å². The van der Waals surface area contributed by atoms with Crippen molar-refractivity contribution in [2.45, 2.75) is 17.8 Å². The highest BCUT2D eigenvalue weighted by atomic mass is 32.2. The van der Waals surface area contributed by atoms with E-state index in [2.05, 4.69) is 20.6 Å². The second-order valence-corrected chi connectivity index (χ2v) is 8.72. The topological polar surface area (TPSA) is 78.9 Å². The normalized spacial score (nSPS) is 11.1. The molecule has 5 aromatic rings. The van der Waals surface area contributed by atoms with Crippen LogP contribution in [0.4, 0.5) is 0 Å². The van der Waals surface area contributed by atoms with E-state index >= 15 is 0 Å². The number of nitrogens with zero attached hydrogens (tertiary/aromatic N) is 5. The first-order valence-electron chi connectivity index (χ1n) is 9.85. The average molecular weight is 462 g/mol. The highest BCUT2D eigenvalue weighted by molar-refractivity contribution is 7.98. The molecule has 4 aromatic heterocycles. The number of rotatable bonds is 7. The van der Waals surface area contributed by atoms with Crippen LogP contribution in [-0.2, 0) is 5.75 Å². The van der Waals surface area contributed by atoms with Crippen molar-refractivity contribution in [2.75, 3.05) is 7.11 Å². The summed E-state index contributed by atoms with van der Waals surface area (Å²) in [6.07, 6.45) is 3.50. The van der Waals surface area contributed by atoms with E-state index in [1.165, 1.54) is 0 Å². The monoisotopic (exact) mass is 461 g/mol. The van der Waals surface area contributed by atoms with Crippen molar-refractivity contribution in [3.05, 3.63) is 77.8 Å². The molecule has 0 saturated heterocycles. The van der Waals surface area contributed by atoms with Crippen molar-refractivity contribution in [1.29, 1.82) is 0 Å². The Morgan fingerprint density at radius 3 is 2.56 bits per heavy atom. The first kappa shape index (κ1) is 20.5. The van der Waals surface area contributed by atoms with Crippen molar-refractivity contribution in [2.24, 2.45) is 0 Å². The van der Waals surface area contributed by atoms with Crippen LogP contribution < -0.4 is 4.74 Å². The number of methoxy groups -OCH3 is 1. The quantitative estimate of drug-likeness (QED) is 0.290. The molecule has 0 atom stereocenters. The fourth-order valence-corrected chi connectivity index (χ4v) is 4.92. The Labute approximate surface area is 193 Å². The maximum Gasteiger partial charge on any atom is 0.196 e. The van der Waals surface area contributed by atoms with Crippen LogP contribution in [0.2, 0.25) is 0 Å². The van der Waals surface area contributed by atoms with Crippen molar-refractivity contribution in [3.63, 3.8) is 0 Å². The van der Waals surface area contributed by atoms with Gasteiger partial charge in [0.15, 0.2) is 21.7 Å². The van der Waals surface area contributed by atoms with Gasteiger partial charge in [-0.05, 0) is 55.5 Å². The number of aryl methyl sites for hydroxylation is 1. The summed E-state index contributed by atoms with van der Waals surface area (Å²) in [6, 6.07) is 15.6. The number of thiazole rings is 1. The van der Waals surface area contributed by atoms with E-state index in [9.17, 15) is 0 Å². The number of hydrogen-bond donors (Lipinski definition) is 0. The highest BCUT2D eigenvalue weighted by Gasteiger charge is 2.17. The van der Waals surface area contributed by atoms with Gasteiger partial charge in [0.1, 0.15) is 11.5 Å². The molecule has 0 N–H and O–H groups in total. The molecule has 0 aliphatic heterocycles. The summed E-state index contributed by atoms with van der Waals surface area (Å²) in [4.78, 5) is 8.83. The molecule has 7 nitrogen and oxygen atoms in total. The summed E-state index contributed by atoms with van der Waals surface area (Å²) < 4.78 is 13.0. The summed E-state index contributed by atoms with van der Waals surface area (Å²) in [6.45, 7) is 1.93. The zero-order valence-corrected chi connectivity index (χ0v) is 19.1.